The van der Waals surface area contributed by atoms with E-state index in [2.05, 4.69) is 10.6 Å². The van der Waals surface area contributed by atoms with Gasteiger partial charge in [-0.25, -0.2) is 9.18 Å². The second kappa shape index (κ2) is 8.05. The molecule has 0 saturated carbocycles. The molecule has 0 bridgehead atoms. The summed E-state index contributed by atoms with van der Waals surface area (Å²) in [6.45, 7) is 1.83. The molecule has 0 aromatic heterocycles. The van der Waals surface area contributed by atoms with Crippen molar-refractivity contribution in [1.82, 2.24) is 10.6 Å². The number of amides is 2. The fourth-order valence-corrected chi connectivity index (χ4v) is 2.40. The minimum Gasteiger partial charge on any atom is -0.481 e. The summed E-state index contributed by atoms with van der Waals surface area (Å²) in [7, 11) is 0. The van der Waals surface area contributed by atoms with Gasteiger partial charge in [-0.2, -0.15) is 0 Å². The van der Waals surface area contributed by atoms with Crippen LogP contribution in [0.3, 0.4) is 0 Å². The molecule has 1 aromatic rings. The maximum atomic E-state index is 13.4. The van der Waals surface area contributed by atoms with Crippen LogP contribution in [0.15, 0.2) is 12.1 Å². The van der Waals surface area contributed by atoms with Crippen LogP contribution in [0.2, 0.25) is 10.0 Å². The van der Waals surface area contributed by atoms with Crippen molar-refractivity contribution in [3.05, 3.63) is 33.6 Å². The van der Waals surface area contributed by atoms with Gasteiger partial charge in [0.1, 0.15) is 5.82 Å². The summed E-state index contributed by atoms with van der Waals surface area (Å²) in [4.78, 5) is 21.9. The first kappa shape index (κ1) is 17.5. The van der Waals surface area contributed by atoms with Crippen LogP contribution in [0, 0.1) is 5.82 Å². The Bertz CT molecular complexity index is 540. The molecule has 0 aliphatic heterocycles. The first-order valence-corrected chi connectivity index (χ1v) is 6.98. The predicted octanol–water partition coefficient (Wildman–Crippen LogP) is 3.36. The summed E-state index contributed by atoms with van der Waals surface area (Å²) in [5.74, 6) is -1.55. The highest BCUT2D eigenvalue weighted by molar-refractivity contribution is 6.36. The highest BCUT2D eigenvalue weighted by Crippen LogP contribution is 2.32. The zero-order chi connectivity index (χ0) is 16.0. The molecule has 8 heteroatoms. The molecular weight excluding hydrogens is 322 g/mol. The van der Waals surface area contributed by atoms with Crippen molar-refractivity contribution in [3.63, 3.8) is 0 Å². The average molecular weight is 337 g/mol. The molecule has 0 radical (unpaired) electrons. The van der Waals surface area contributed by atoms with E-state index in [1.54, 1.807) is 6.92 Å². The Labute approximate surface area is 131 Å². The van der Waals surface area contributed by atoms with E-state index in [0.717, 1.165) is 6.07 Å². The number of aliphatic carboxylic acids is 1. The van der Waals surface area contributed by atoms with Crippen molar-refractivity contribution in [2.75, 3.05) is 6.54 Å². The quantitative estimate of drug-likeness (QED) is 0.550. The first-order chi connectivity index (χ1) is 9.82. The van der Waals surface area contributed by atoms with Gasteiger partial charge < -0.3 is 15.7 Å². The van der Waals surface area contributed by atoms with E-state index < -0.39 is 23.9 Å². The Balaban J connectivity index is 2.57. The number of nitrogens with one attached hydrogen (secondary N) is 2. The molecule has 0 heterocycles. The molecule has 0 spiro atoms. The van der Waals surface area contributed by atoms with Gasteiger partial charge in [-0.3, -0.25) is 4.79 Å². The van der Waals surface area contributed by atoms with Gasteiger partial charge in [0, 0.05) is 23.6 Å². The van der Waals surface area contributed by atoms with Gasteiger partial charge in [-0.1, -0.05) is 23.2 Å². The van der Waals surface area contributed by atoms with E-state index in [0.29, 0.717) is 12.0 Å². The van der Waals surface area contributed by atoms with Crippen molar-refractivity contribution >= 4 is 35.2 Å². The monoisotopic (exact) mass is 336 g/mol. The number of hydrogen-bond donors (Lipinski definition) is 3. The minimum absolute atomic E-state index is 0.0304. The summed E-state index contributed by atoms with van der Waals surface area (Å²) in [6.07, 6.45) is 0.288. The van der Waals surface area contributed by atoms with E-state index in [1.807, 2.05) is 0 Å². The van der Waals surface area contributed by atoms with Gasteiger partial charge in [-0.15, -0.1) is 0 Å². The van der Waals surface area contributed by atoms with E-state index in [1.165, 1.54) is 6.07 Å². The fraction of sp³-hybridized carbons (Fsp3) is 0.385. The third-order valence-electron chi connectivity index (χ3n) is 2.71. The van der Waals surface area contributed by atoms with Crippen molar-refractivity contribution < 1.29 is 19.1 Å². The third-order valence-corrected chi connectivity index (χ3v) is 3.43. The van der Waals surface area contributed by atoms with Crippen molar-refractivity contribution in [3.8, 4) is 0 Å². The molecule has 1 aromatic carbocycles. The molecule has 0 fully saturated rings. The number of hydrogen-bond acceptors (Lipinski definition) is 2. The van der Waals surface area contributed by atoms with Crippen LogP contribution in [0.5, 0.6) is 0 Å². The third kappa shape index (κ3) is 5.40. The van der Waals surface area contributed by atoms with Crippen molar-refractivity contribution in [2.45, 2.75) is 25.8 Å². The molecule has 116 valence electrons. The summed E-state index contributed by atoms with van der Waals surface area (Å²) < 4.78 is 13.4. The molecule has 1 unspecified atom stereocenters. The summed E-state index contributed by atoms with van der Waals surface area (Å²) in [5, 5.41) is 13.6. The maximum absolute atomic E-state index is 13.4. The topological polar surface area (TPSA) is 78.4 Å². The van der Waals surface area contributed by atoms with Crippen molar-refractivity contribution in [2.24, 2.45) is 0 Å². The van der Waals surface area contributed by atoms with Gasteiger partial charge in [0.25, 0.3) is 0 Å². The Morgan fingerprint density at radius 2 is 2.05 bits per heavy atom. The number of carbonyl (C=O) groups is 2. The Morgan fingerprint density at radius 3 is 2.67 bits per heavy atom. The number of carbonyl (C=O) groups excluding carboxylic acids is 1. The molecule has 1 atom stereocenters. The number of rotatable bonds is 6. The van der Waals surface area contributed by atoms with Gasteiger partial charge in [-0.05, 0) is 25.5 Å². The molecular formula is C13H15Cl2FN2O3. The van der Waals surface area contributed by atoms with Gasteiger partial charge in [0.2, 0.25) is 0 Å². The molecule has 1 rings (SSSR count). The molecule has 0 saturated heterocycles. The predicted molar refractivity (Wildman–Crippen MR) is 78.2 cm³/mol. The average Bonchev–Trinajstić information content (AvgIpc) is 2.39. The summed E-state index contributed by atoms with van der Waals surface area (Å²) in [5.41, 5.74) is 0.291. The van der Waals surface area contributed by atoms with Crippen LogP contribution < -0.4 is 10.6 Å². The molecule has 3 N–H and O–H groups in total. The fourth-order valence-electron chi connectivity index (χ4n) is 1.70. The first-order valence-electron chi connectivity index (χ1n) is 6.22. The highest BCUT2D eigenvalue weighted by atomic mass is 35.5. The van der Waals surface area contributed by atoms with E-state index in [-0.39, 0.29) is 23.0 Å². The SMILES string of the molecule is CC(NC(=O)NCCCC(=O)O)c1c(Cl)ccc(F)c1Cl. The molecule has 5 nitrogen and oxygen atoms in total. The second-order valence-corrected chi connectivity index (χ2v) is 5.16. The minimum atomic E-state index is -0.927. The second-order valence-electron chi connectivity index (χ2n) is 4.38. The Morgan fingerprint density at radius 1 is 1.38 bits per heavy atom. The highest BCUT2D eigenvalue weighted by Gasteiger charge is 2.18. The van der Waals surface area contributed by atoms with Crippen LogP contribution in [0.25, 0.3) is 0 Å². The Kier molecular flexibility index (Phi) is 6.71. The van der Waals surface area contributed by atoms with E-state index in [4.69, 9.17) is 28.3 Å². The molecule has 0 aliphatic rings. The zero-order valence-electron chi connectivity index (χ0n) is 11.3. The molecule has 21 heavy (non-hydrogen) atoms. The summed E-state index contributed by atoms with van der Waals surface area (Å²) >= 11 is 11.8. The number of halogens is 3. The lowest BCUT2D eigenvalue weighted by Crippen LogP contribution is -2.37. The molecule has 2 amide bonds. The number of benzene rings is 1. The van der Waals surface area contributed by atoms with Crippen LogP contribution in [0.4, 0.5) is 9.18 Å². The lowest BCUT2D eigenvalue weighted by atomic mass is 10.1. The maximum Gasteiger partial charge on any atom is 0.315 e. The van der Waals surface area contributed by atoms with Crippen LogP contribution in [-0.2, 0) is 4.79 Å². The van der Waals surface area contributed by atoms with Crippen molar-refractivity contribution in [1.29, 1.82) is 0 Å². The number of carboxylic acid groups (broad SMARTS) is 1. The van der Waals surface area contributed by atoms with Crippen LogP contribution >= 0.6 is 23.2 Å². The van der Waals surface area contributed by atoms with E-state index in [9.17, 15) is 14.0 Å². The zero-order valence-corrected chi connectivity index (χ0v) is 12.8. The Hall–Kier alpha value is -1.53. The summed E-state index contributed by atoms with van der Waals surface area (Å²) in [6, 6.07) is 1.40. The number of carboxylic acids is 1. The largest absolute Gasteiger partial charge is 0.481 e. The van der Waals surface area contributed by atoms with Gasteiger partial charge >= 0.3 is 12.0 Å². The number of urea groups is 1. The lowest BCUT2D eigenvalue weighted by Gasteiger charge is -2.18. The van der Waals surface area contributed by atoms with Gasteiger partial charge in [0.15, 0.2) is 0 Å². The van der Waals surface area contributed by atoms with Crippen LogP contribution in [-0.4, -0.2) is 23.7 Å². The van der Waals surface area contributed by atoms with Gasteiger partial charge in [0.05, 0.1) is 11.1 Å². The molecule has 0 aliphatic carbocycles. The van der Waals surface area contributed by atoms with Crippen LogP contribution in [0.1, 0.15) is 31.4 Å². The lowest BCUT2D eigenvalue weighted by molar-refractivity contribution is -0.137. The smallest absolute Gasteiger partial charge is 0.315 e. The normalized spacial score (nSPS) is 11.8. The van der Waals surface area contributed by atoms with E-state index >= 15 is 0 Å². The standard InChI is InChI=1S/C13H15Cl2FN2O3/c1-7(11-8(14)4-5-9(16)12(11)15)18-13(21)17-6-2-3-10(19)20/h4-5,7H,2-3,6H2,1H3,(H,19,20)(H2,17,18,21).